The summed E-state index contributed by atoms with van der Waals surface area (Å²) in [5.74, 6) is -1.23. The van der Waals surface area contributed by atoms with Crippen molar-refractivity contribution in [1.29, 1.82) is 0 Å². The first-order chi connectivity index (χ1) is 9.81. The van der Waals surface area contributed by atoms with Crippen LogP contribution in [0.3, 0.4) is 0 Å². The fourth-order valence-corrected chi connectivity index (χ4v) is 1.68. The van der Waals surface area contributed by atoms with Crippen LogP contribution < -0.4 is 10.6 Å². The number of hydrogen-bond acceptors (Lipinski definition) is 4. The number of rotatable bonds is 3. The first kappa shape index (κ1) is 15.3. The van der Waals surface area contributed by atoms with Gasteiger partial charge in [-0.1, -0.05) is 17.7 Å². The van der Waals surface area contributed by atoms with Gasteiger partial charge < -0.3 is 10.6 Å². The molecule has 0 atom stereocenters. The molecule has 1 heterocycles. The Labute approximate surface area is 122 Å². The first-order valence-corrected chi connectivity index (χ1v) is 6.04. The quantitative estimate of drug-likeness (QED) is 0.837. The highest BCUT2D eigenvalue weighted by molar-refractivity contribution is 6.31. The Bertz CT molecular complexity index is 660. The number of nitrogens with one attached hydrogen (secondary N) is 2. The molecule has 0 aliphatic heterocycles. The molecule has 0 aliphatic rings. The van der Waals surface area contributed by atoms with Crippen LogP contribution in [0.15, 0.2) is 24.3 Å². The Morgan fingerprint density at radius 2 is 1.90 bits per heavy atom. The zero-order valence-electron chi connectivity index (χ0n) is 10.6. The third-order valence-corrected chi connectivity index (χ3v) is 2.75. The van der Waals surface area contributed by atoms with Crippen LogP contribution in [0.1, 0.15) is 5.69 Å². The van der Waals surface area contributed by atoms with E-state index < -0.39 is 17.7 Å². The second kappa shape index (κ2) is 5.72. The van der Waals surface area contributed by atoms with E-state index in [4.69, 9.17) is 11.6 Å². The normalized spacial score (nSPS) is 11.3. The van der Waals surface area contributed by atoms with Crippen LogP contribution in [-0.4, -0.2) is 17.0 Å². The topological polar surface area (TPSA) is 49.8 Å². The van der Waals surface area contributed by atoms with Crippen molar-refractivity contribution < 1.29 is 17.6 Å². The van der Waals surface area contributed by atoms with Gasteiger partial charge in [0, 0.05) is 13.1 Å². The maximum atomic E-state index is 13.7. The smallest absolute Gasteiger partial charge is 0.357 e. The van der Waals surface area contributed by atoms with Gasteiger partial charge in [-0.25, -0.2) is 9.37 Å². The van der Waals surface area contributed by atoms with Gasteiger partial charge in [0.15, 0.2) is 11.5 Å². The fraction of sp³-hybridized carbons (Fsp3) is 0.167. The standard InChI is InChI=1S/C12H9ClF4N4/c1-18-11-20-8(12(15,16)17)5-9(21-11)19-7-4-2-3-6(13)10(7)14/h2-5H,1H3,(H2,18,19,20,21). The Balaban J connectivity index is 2.42. The molecular weight excluding hydrogens is 312 g/mol. The van der Waals surface area contributed by atoms with Gasteiger partial charge in [0.2, 0.25) is 5.95 Å². The van der Waals surface area contributed by atoms with Crippen molar-refractivity contribution in [2.24, 2.45) is 0 Å². The molecule has 9 heteroatoms. The van der Waals surface area contributed by atoms with E-state index in [1.807, 2.05) is 0 Å². The molecule has 0 spiro atoms. The Kier molecular flexibility index (Phi) is 4.17. The van der Waals surface area contributed by atoms with Crippen LogP contribution in [0.2, 0.25) is 5.02 Å². The predicted molar refractivity (Wildman–Crippen MR) is 71.3 cm³/mol. The number of anilines is 3. The average Bonchev–Trinajstić information content (AvgIpc) is 2.42. The summed E-state index contributed by atoms with van der Waals surface area (Å²) in [6, 6.07) is 4.79. The molecule has 2 rings (SSSR count). The first-order valence-electron chi connectivity index (χ1n) is 5.66. The molecule has 4 nitrogen and oxygen atoms in total. The Morgan fingerprint density at radius 1 is 1.19 bits per heavy atom. The van der Waals surface area contributed by atoms with Gasteiger partial charge in [-0.15, -0.1) is 0 Å². The number of hydrogen-bond donors (Lipinski definition) is 2. The number of alkyl halides is 3. The van der Waals surface area contributed by atoms with E-state index in [1.165, 1.54) is 25.2 Å². The van der Waals surface area contributed by atoms with Crippen LogP contribution in [0.5, 0.6) is 0 Å². The van der Waals surface area contributed by atoms with Gasteiger partial charge in [0.1, 0.15) is 5.82 Å². The number of benzene rings is 1. The van der Waals surface area contributed by atoms with Crippen molar-refractivity contribution in [3.63, 3.8) is 0 Å². The highest BCUT2D eigenvalue weighted by atomic mass is 35.5. The second-order valence-corrected chi connectivity index (χ2v) is 4.34. The summed E-state index contributed by atoms with van der Waals surface area (Å²) in [7, 11) is 1.37. The van der Waals surface area contributed by atoms with E-state index in [1.54, 1.807) is 0 Å². The summed E-state index contributed by atoms with van der Waals surface area (Å²) < 4.78 is 51.9. The largest absolute Gasteiger partial charge is 0.433 e. The highest BCUT2D eigenvalue weighted by Gasteiger charge is 2.33. The minimum Gasteiger partial charge on any atom is -0.357 e. The Morgan fingerprint density at radius 3 is 2.52 bits per heavy atom. The number of nitrogens with zero attached hydrogens (tertiary/aromatic N) is 2. The lowest BCUT2D eigenvalue weighted by Crippen LogP contribution is -2.12. The number of halogens is 5. The van der Waals surface area contributed by atoms with E-state index in [2.05, 4.69) is 20.6 Å². The van der Waals surface area contributed by atoms with Crippen LogP contribution in [-0.2, 0) is 6.18 Å². The summed E-state index contributed by atoms with van der Waals surface area (Å²) in [6.45, 7) is 0. The average molecular weight is 321 g/mol. The van der Waals surface area contributed by atoms with Crippen molar-refractivity contribution in [2.45, 2.75) is 6.18 Å². The molecule has 2 aromatic rings. The summed E-state index contributed by atoms with van der Waals surface area (Å²) >= 11 is 5.60. The minimum absolute atomic E-state index is 0.0867. The van der Waals surface area contributed by atoms with Gasteiger partial charge >= 0.3 is 6.18 Å². The van der Waals surface area contributed by atoms with Crippen molar-refractivity contribution in [1.82, 2.24) is 9.97 Å². The van der Waals surface area contributed by atoms with E-state index >= 15 is 0 Å². The third kappa shape index (κ3) is 3.52. The molecule has 0 aliphatic carbocycles. The molecule has 0 bridgehead atoms. The van der Waals surface area contributed by atoms with Crippen LogP contribution >= 0.6 is 11.6 Å². The van der Waals surface area contributed by atoms with Gasteiger partial charge in [-0.2, -0.15) is 18.2 Å². The van der Waals surface area contributed by atoms with E-state index in [9.17, 15) is 17.6 Å². The lowest BCUT2D eigenvalue weighted by molar-refractivity contribution is -0.141. The molecule has 0 amide bonds. The molecule has 21 heavy (non-hydrogen) atoms. The van der Waals surface area contributed by atoms with Crippen molar-refractivity contribution in [3.05, 3.63) is 40.8 Å². The zero-order chi connectivity index (χ0) is 15.6. The van der Waals surface area contributed by atoms with Gasteiger partial charge in [-0.3, -0.25) is 0 Å². The monoisotopic (exact) mass is 320 g/mol. The summed E-state index contributed by atoms with van der Waals surface area (Å²) in [5, 5.41) is 4.71. The molecule has 1 aromatic heterocycles. The van der Waals surface area contributed by atoms with E-state index in [0.29, 0.717) is 6.07 Å². The lowest BCUT2D eigenvalue weighted by Gasteiger charge is -2.12. The molecule has 0 saturated carbocycles. The Hall–Kier alpha value is -2.09. The van der Waals surface area contributed by atoms with E-state index in [0.717, 1.165) is 0 Å². The summed E-state index contributed by atoms with van der Waals surface area (Å²) in [6.07, 6.45) is -4.64. The SMILES string of the molecule is CNc1nc(Nc2cccc(Cl)c2F)cc(C(F)(F)F)n1. The molecule has 112 valence electrons. The molecule has 1 aromatic carbocycles. The van der Waals surface area contributed by atoms with Crippen LogP contribution in [0, 0.1) is 5.82 Å². The van der Waals surface area contributed by atoms with Gasteiger partial charge in [0.25, 0.3) is 0 Å². The maximum absolute atomic E-state index is 13.7. The third-order valence-electron chi connectivity index (χ3n) is 2.45. The van der Waals surface area contributed by atoms with Crippen molar-refractivity contribution in [2.75, 3.05) is 17.7 Å². The molecule has 0 saturated heterocycles. The maximum Gasteiger partial charge on any atom is 0.433 e. The zero-order valence-corrected chi connectivity index (χ0v) is 11.3. The predicted octanol–water partition coefficient (Wildman–Crippen LogP) is 4.07. The minimum atomic E-state index is -4.64. The molecule has 2 N–H and O–H groups in total. The fourth-order valence-electron chi connectivity index (χ4n) is 1.51. The van der Waals surface area contributed by atoms with Crippen molar-refractivity contribution in [3.8, 4) is 0 Å². The van der Waals surface area contributed by atoms with Gasteiger partial charge in [0.05, 0.1) is 10.7 Å². The van der Waals surface area contributed by atoms with E-state index in [-0.39, 0.29) is 22.5 Å². The van der Waals surface area contributed by atoms with Gasteiger partial charge in [-0.05, 0) is 12.1 Å². The highest BCUT2D eigenvalue weighted by Crippen LogP contribution is 2.31. The van der Waals surface area contributed by atoms with Crippen LogP contribution in [0.25, 0.3) is 0 Å². The molecular formula is C12H9ClF4N4. The molecule has 0 unspecified atom stereocenters. The number of aromatic nitrogens is 2. The summed E-state index contributed by atoms with van der Waals surface area (Å²) in [4.78, 5) is 7.09. The molecule has 0 radical (unpaired) electrons. The second-order valence-electron chi connectivity index (χ2n) is 3.94. The summed E-state index contributed by atoms with van der Waals surface area (Å²) in [5.41, 5.74) is -1.23. The molecule has 0 fully saturated rings. The van der Waals surface area contributed by atoms with Crippen LogP contribution in [0.4, 0.5) is 35.0 Å². The lowest BCUT2D eigenvalue weighted by atomic mass is 10.3. The van der Waals surface area contributed by atoms with Crippen molar-refractivity contribution >= 4 is 29.1 Å².